The number of imidazole rings is 4. The lowest BCUT2D eigenvalue weighted by Gasteiger charge is -2.43. The minimum atomic E-state index is -4.94. The molecule has 0 bridgehead atoms. The molecule has 9 rings (SSSR count). The molecule has 0 aliphatic heterocycles. The van der Waals surface area contributed by atoms with E-state index in [-0.39, 0.29) is 11.0 Å². The molecule has 22 heteroatoms. The van der Waals surface area contributed by atoms with Crippen LogP contribution in [0.4, 0.5) is 0 Å². The van der Waals surface area contributed by atoms with Gasteiger partial charge in [0.2, 0.25) is 0 Å². The number of nitrogens with zero attached hydrogens (tertiary/aromatic N) is 4. The summed E-state index contributed by atoms with van der Waals surface area (Å²) >= 11 is 0. The number of aromatic nitrogens is 8. The molecule has 1 aliphatic rings. The molecule has 1 aliphatic carbocycles. The summed E-state index contributed by atoms with van der Waals surface area (Å²) < 4.78 is 67.9. The fraction of sp³-hybridized carbons (Fsp3) is 0.263. The molecule has 4 heterocycles. The van der Waals surface area contributed by atoms with Gasteiger partial charge in [0.1, 0.15) is 24.7 Å². The third kappa shape index (κ3) is 12.7. The van der Waals surface area contributed by atoms with Gasteiger partial charge in [-0.1, -0.05) is 61.4 Å². The molecule has 0 spiro atoms. The van der Waals surface area contributed by atoms with Gasteiger partial charge < -0.3 is 20.9 Å². The van der Waals surface area contributed by atoms with Crippen LogP contribution in [0.2, 0.25) is 0 Å². The van der Waals surface area contributed by atoms with Crippen LogP contribution in [0.3, 0.4) is 0 Å². The third-order valence-electron chi connectivity index (χ3n) is 9.93. The molecule has 4 aromatic carbocycles. The number of H-pyrrole nitrogens is 6. The number of fused-ring (bicyclic) bond motifs is 4. The number of benzene rings is 4. The number of halogens is 2. The molecule has 0 saturated heterocycles. The van der Waals surface area contributed by atoms with E-state index in [1.807, 2.05) is 0 Å². The van der Waals surface area contributed by atoms with Crippen LogP contribution in [-0.2, 0) is 26.2 Å². The Morgan fingerprint density at radius 2 is 0.817 bits per heavy atom. The van der Waals surface area contributed by atoms with Gasteiger partial charge in [-0.3, -0.25) is 9.80 Å². The highest BCUT2D eigenvalue weighted by molar-refractivity contribution is 5.75. The molecule has 1 saturated carbocycles. The van der Waals surface area contributed by atoms with Crippen LogP contribution in [0.25, 0.3) is 44.1 Å². The predicted molar refractivity (Wildman–Crippen MR) is 194 cm³/mol. The first kappa shape index (κ1) is 45.9. The molecule has 4 aromatic heterocycles. The Kier molecular flexibility index (Phi) is 15.3. The first-order valence-corrected chi connectivity index (χ1v) is 20.8. The monoisotopic (exact) mass is 870 g/mol. The Labute approximate surface area is 345 Å². The first-order chi connectivity index (χ1) is 27.7. The Morgan fingerprint density at radius 3 is 1.17 bits per heavy atom. The van der Waals surface area contributed by atoms with Gasteiger partial charge in [0.05, 0.1) is 35.2 Å². The molecule has 10 N–H and O–H groups in total. The van der Waals surface area contributed by atoms with Crippen molar-refractivity contribution in [1.29, 1.82) is 0 Å². The van der Waals surface area contributed by atoms with Crippen molar-refractivity contribution in [2.24, 2.45) is 0 Å². The molecular weight excluding hydrogens is 827 g/mol. The zero-order valence-electron chi connectivity index (χ0n) is 31.9. The van der Waals surface area contributed by atoms with Crippen molar-refractivity contribution in [3.63, 3.8) is 0 Å². The Morgan fingerprint density at radius 1 is 0.483 bits per heavy atom. The second-order valence-corrected chi connectivity index (χ2v) is 15.4. The maximum atomic E-state index is 8.49. The van der Waals surface area contributed by atoms with Gasteiger partial charge in [0.25, 0.3) is 11.6 Å². The number of rotatable bonds is 10. The molecule has 0 amide bonds. The van der Waals surface area contributed by atoms with Crippen molar-refractivity contribution in [2.75, 3.05) is 0 Å². The average molecular weight is 872 g/mol. The minimum absolute atomic E-state index is 0. The number of aromatic amines is 6. The molecular formula is C38H44Cl2N10O10. The second kappa shape index (κ2) is 19.9. The van der Waals surface area contributed by atoms with Gasteiger partial charge in [0, 0.05) is 12.1 Å². The molecule has 2 atom stereocenters. The van der Waals surface area contributed by atoms with Crippen molar-refractivity contribution in [2.45, 2.75) is 63.9 Å². The molecule has 20 nitrogen and oxygen atoms in total. The van der Waals surface area contributed by atoms with Gasteiger partial charge in [-0.15, -0.1) is 20.5 Å². The van der Waals surface area contributed by atoms with Crippen LogP contribution in [-0.4, -0.2) is 62.7 Å². The highest BCUT2D eigenvalue weighted by atomic mass is 35.7. The summed E-state index contributed by atoms with van der Waals surface area (Å²) in [6.45, 7) is 2.94. The number of hydrogen-bond acceptors (Lipinski definition) is 12. The topological polar surface area (TPSA) is 371 Å². The SMILES string of the molecule is O.O.[O-][Cl+3]([O-])([O-])[O-].[O-][Cl+3]([O-])([O-])[O-].c1ccc2[nH]c(CN(Cc3[nH]c4ccccc4[nH+]3)[C@H]3CCCC[C@@H]3N(Cc3nc4ccccc4[nH]3)Cc3[nH]c4ccccc4[nH+]3)nc2c1. The van der Waals surface area contributed by atoms with Crippen molar-refractivity contribution >= 4 is 44.1 Å². The van der Waals surface area contributed by atoms with E-state index in [1.54, 1.807) is 0 Å². The fourth-order valence-electron chi connectivity index (χ4n) is 7.75. The zero-order chi connectivity index (χ0) is 40.9. The van der Waals surface area contributed by atoms with Gasteiger partial charge in [-0.2, -0.15) is 0 Å². The summed E-state index contributed by atoms with van der Waals surface area (Å²) in [6, 6.07) is 34.1. The van der Waals surface area contributed by atoms with Crippen molar-refractivity contribution in [3.8, 4) is 0 Å². The van der Waals surface area contributed by atoms with Crippen LogP contribution in [0, 0.1) is 20.5 Å². The summed E-state index contributed by atoms with van der Waals surface area (Å²) in [4.78, 5) is 37.2. The predicted octanol–water partition coefficient (Wildman–Crippen LogP) is -5.12. The Bertz CT molecular complexity index is 2100. The quantitative estimate of drug-likeness (QED) is 0.100. The molecule has 1 fully saturated rings. The van der Waals surface area contributed by atoms with Crippen molar-refractivity contribution in [1.82, 2.24) is 39.7 Å². The minimum Gasteiger partial charge on any atom is -0.412 e. The first-order valence-electron chi connectivity index (χ1n) is 18.3. The second-order valence-electron chi connectivity index (χ2n) is 13.9. The van der Waals surface area contributed by atoms with Crippen LogP contribution in [0.1, 0.15) is 49.0 Å². The van der Waals surface area contributed by atoms with E-state index in [1.165, 1.54) is 12.8 Å². The highest BCUT2D eigenvalue weighted by Gasteiger charge is 2.37. The van der Waals surface area contributed by atoms with E-state index in [0.717, 1.165) is 106 Å². The van der Waals surface area contributed by atoms with Gasteiger partial charge in [-0.05, 0) is 61.4 Å². The largest absolute Gasteiger partial charge is 0.412 e. The average Bonchev–Trinajstić information content (AvgIpc) is 3.96. The van der Waals surface area contributed by atoms with Crippen LogP contribution in [0.15, 0.2) is 97.1 Å². The van der Waals surface area contributed by atoms with Gasteiger partial charge in [-0.25, -0.2) is 67.2 Å². The van der Waals surface area contributed by atoms with E-state index >= 15 is 0 Å². The smallest absolute Gasteiger partial charge is 0.267 e. The summed E-state index contributed by atoms with van der Waals surface area (Å²) in [6.07, 6.45) is 4.62. The summed E-state index contributed by atoms with van der Waals surface area (Å²) in [5, 5.41) is 0. The molecule has 0 unspecified atom stereocenters. The lowest BCUT2D eigenvalue weighted by atomic mass is 9.87. The summed E-state index contributed by atoms with van der Waals surface area (Å²) in [7, 11) is -9.89. The normalized spacial score (nSPS) is 15.7. The van der Waals surface area contributed by atoms with Gasteiger partial charge in [0.15, 0.2) is 22.1 Å². The summed E-state index contributed by atoms with van der Waals surface area (Å²) in [5.41, 5.74) is 8.65. The zero-order valence-corrected chi connectivity index (χ0v) is 33.4. The van der Waals surface area contributed by atoms with Crippen LogP contribution >= 0.6 is 0 Å². The van der Waals surface area contributed by atoms with E-state index in [4.69, 9.17) is 47.2 Å². The van der Waals surface area contributed by atoms with Crippen LogP contribution in [0.5, 0.6) is 0 Å². The van der Waals surface area contributed by atoms with Crippen molar-refractivity contribution < 1.29 is 78.7 Å². The molecule has 8 aromatic rings. The van der Waals surface area contributed by atoms with E-state index in [9.17, 15) is 0 Å². The maximum absolute atomic E-state index is 8.49. The number of nitrogens with one attached hydrogen (secondary N) is 6. The van der Waals surface area contributed by atoms with Gasteiger partial charge >= 0.3 is 0 Å². The molecule has 60 heavy (non-hydrogen) atoms. The van der Waals surface area contributed by atoms with Crippen molar-refractivity contribution in [3.05, 3.63) is 120 Å². The fourth-order valence-corrected chi connectivity index (χ4v) is 7.75. The maximum Gasteiger partial charge on any atom is 0.267 e. The lowest BCUT2D eigenvalue weighted by molar-refractivity contribution is -2.00. The Balaban J connectivity index is 0.000000513. The number of hydrogen-bond donors (Lipinski definition) is 4. The van der Waals surface area contributed by atoms with E-state index < -0.39 is 20.5 Å². The summed E-state index contributed by atoms with van der Waals surface area (Å²) in [5.74, 6) is 4.18. The number of para-hydroxylation sites is 8. The van der Waals surface area contributed by atoms with Crippen LogP contribution < -0.4 is 47.2 Å². The lowest BCUT2D eigenvalue weighted by Crippen LogP contribution is -2.68. The van der Waals surface area contributed by atoms with E-state index in [2.05, 4.69) is 137 Å². The molecule has 0 radical (unpaired) electrons. The molecule has 320 valence electrons. The third-order valence-corrected chi connectivity index (χ3v) is 9.93. The highest BCUT2D eigenvalue weighted by Crippen LogP contribution is 2.31. The Hall–Kier alpha value is -5.14. The standard InChI is InChI=1S/C38H38N10.2ClHO4.2H2O/c1-2-12-26-25(11-1)39-35(40-26)21-47(22-36-41-27-13-3-4-14-28(27)42-36)33-19-9-10-20-34(33)48(23-37-43-29-15-5-6-16-30(29)44-37)24-38-45-31-17-7-8-18-32(31)46-38;2*2-1(3,4)5;;/h1-8,11-18,33-34H,9-10,19-24H2,(H,39,40)(H,41,42)(H,43,44)(H,45,46);2*(H,2,3,4,5);2*1H2/t33-,34-;;;;/m0..../s1. The van der Waals surface area contributed by atoms with E-state index in [0.29, 0.717) is 12.1 Å².